The zero-order chi connectivity index (χ0) is 64.2. The molecule has 0 aromatic heterocycles. The van der Waals surface area contributed by atoms with E-state index >= 15 is 0 Å². The van der Waals surface area contributed by atoms with Crippen molar-refractivity contribution < 1.29 is 37.3 Å². The van der Waals surface area contributed by atoms with Gasteiger partial charge in [0, 0.05) is 12.8 Å². The Bertz CT molecular complexity index is 1870. The standard InChI is InChI=1S/C78H139N2O7P/c1-7-10-13-16-19-22-25-28-30-32-34-36-38-39-40-41-43-45-47-49-51-53-56-59-62-65-68-71-78(82)87-76(69-66-63-60-57-54-27-24-21-18-15-12-9-3)75(74-86-88(83,84)85-73-72-80(4,5)6)79-77(81)70-67-64-61-58-55-52-50-48-46-44-42-37-35-33-31-29-26-23-20-17-14-11-8-2/h10,13,19-20,22-23,28-31,34,36,39-40,43,45,66,69,75-76H,7-9,11-12,14-18,21,24-27,32-33,35,37-38,41-42,44,46-65,67-68,70-74H2,1-6H3,(H-,79,81,83,84)/b13-10-,22-19-,23-20-,30-28-,31-29-,36-34-,40-39-,45-43-,69-66+. The maximum absolute atomic E-state index is 13.6. The summed E-state index contributed by atoms with van der Waals surface area (Å²) in [4.78, 5) is 40.2. The average Bonchev–Trinajstić information content (AvgIpc) is 3.61. The quantitative estimate of drug-likeness (QED) is 0.0212. The first-order valence-corrected chi connectivity index (χ1v) is 38.2. The highest BCUT2D eigenvalue weighted by atomic mass is 31.2. The monoisotopic (exact) mass is 1250 g/mol. The molecule has 1 amide bonds. The van der Waals surface area contributed by atoms with Crippen LogP contribution >= 0.6 is 7.82 Å². The van der Waals surface area contributed by atoms with Gasteiger partial charge in [0.1, 0.15) is 19.3 Å². The summed E-state index contributed by atoms with van der Waals surface area (Å²) >= 11 is 0. The number of carbonyl (C=O) groups excluding carboxylic acids is 2. The van der Waals surface area contributed by atoms with Crippen LogP contribution in [-0.2, 0) is 27.9 Å². The van der Waals surface area contributed by atoms with E-state index in [9.17, 15) is 19.0 Å². The third kappa shape index (κ3) is 67.1. The number of phosphoric ester groups is 1. The van der Waals surface area contributed by atoms with Crippen molar-refractivity contribution in [2.24, 2.45) is 0 Å². The molecule has 0 saturated carbocycles. The number of ether oxygens (including phenoxy) is 1. The number of hydrogen-bond acceptors (Lipinski definition) is 7. The molecular weight excluding hydrogens is 1110 g/mol. The summed E-state index contributed by atoms with van der Waals surface area (Å²) in [5, 5.41) is 3.04. The molecule has 9 nitrogen and oxygen atoms in total. The SMILES string of the molecule is CC/C=C\C/C=C\C/C=C\C/C=C\C/C=C\C/C=C\CCCCCCCCCCC(=O)OC(/C=C/CCCCCCCCCCCC)C(COP(=O)([O-])OCC[N+](C)(C)C)NC(=O)CCCCCCCCCCCCCCC/C=C\C/C=C\CCCCC. The topological polar surface area (TPSA) is 114 Å². The Labute approximate surface area is 544 Å². The number of nitrogens with zero attached hydrogens (tertiary/aromatic N) is 1. The second-order valence-corrected chi connectivity index (χ2v) is 27.1. The second kappa shape index (κ2) is 66.6. The van der Waals surface area contributed by atoms with Gasteiger partial charge in [0.05, 0.1) is 33.8 Å². The van der Waals surface area contributed by atoms with Crippen LogP contribution in [-0.4, -0.2) is 69.4 Å². The molecule has 0 bridgehead atoms. The van der Waals surface area contributed by atoms with Crippen LogP contribution in [0.1, 0.15) is 323 Å². The summed E-state index contributed by atoms with van der Waals surface area (Å²) in [5.74, 6) is -0.548. The predicted octanol–water partition coefficient (Wildman–Crippen LogP) is 23.0. The van der Waals surface area contributed by atoms with E-state index in [1.54, 1.807) is 0 Å². The van der Waals surface area contributed by atoms with Gasteiger partial charge in [-0.25, -0.2) is 0 Å². The highest BCUT2D eigenvalue weighted by Crippen LogP contribution is 2.38. The van der Waals surface area contributed by atoms with E-state index < -0.39 is 26.6 Å². The summed E-state index contributed by atoms with van der Waals surface area (Å²) in [5.41, 5.74) is 0. The minimum Gasteiger partial charge on any atom is -0.756 e. The summed E-state index contributed by atoms with van der Waals surface area (Å²) in [6.45, 7) is 6.72. The van der Waals surface area contributed by atoms with Gasteiger partial charge in [-0.3, -0.25) is 14.2 Å². The van der Waals surface area contributed by atoms with Gasteiger partial charge in [-0.15, -0.1) is 0 Å². The van der Waals surface area contributed by atoms with Crippen LogP contribution in [0.25, 0.3) is 0 Å². The number of esters is 1. The van der Waals surface area contributed by atoms with E-state index in [0.29, 0.717) is 17.4 Å². The molecule has 0 aromatic carbocycles. The molecule has 0 fully saturated rings. The Morgan fingerprint density at radius 2 is 0.727 bits per heavy atom. The minimum atomic E-state index is -4.71. The molecule has 0 aliphatic rings. The van der Waals surface area contributed by atoms with Crippen molar-refractivity contribution in [3.8, 4) is 0 Å². The normalized spacial score (nSPS) is 14.1. The Kier molecular flexibility index (Phi) is 64.1. The minimum absolute atomic E-state index is 0.0277. The van der Waals surface area contributed by atoms with E-state index in [0.717, 1.165) is 116 Å². The molecule has 508 valence electrons. The Hall–Kier alpha value is -3.33. The smallest absolute Gasteiger partial charge is 0.306 e. The van der Waals surface area contributed by atoms with Crippen molar-refractivity contribution in [2.75, 3.05) is 40.9 Å². The van der Waals surface area contributed by atoms with Crippen molar-refractivity contribution in [2.45, 2.75) is 335 Å². The van der Waals surface area contributed by atoms with Crippen LogP contribution in [0.4, 0.5) is 0 Å². The van der Waals surface area contributed by atoms with E-state index in [4.69, 9.17) is 13.8 Å². The number of rotatable bonds is 66. The summed E-state index contributed by atoms with van der Waals surface area (Å²) in [6.07, 6.45) is 92.1. The van der Waals surface area contributed by atoms with Crippen molar-refractivity contribution in [1.29, 1.82) is 0 Å². The van der Waals surface area contributed by atoms with Crippen LogP contribution in [0.5, 0.6) is 0 Å². The third-order valence-electron chi connectivity index (χ3n) is 15.9. The van der Waals surface area contributed by atoms with E-state index in [1.165, 1.54) is 173 Å². The number of quaternary nitrogens is 1. The maximum Gasteiger partial charge on any atom is 0.306 e. The number of nitrogens with one attached hydrogen (secondary N) is 1. The molecule has 0 aromatic rings. The lowest BCUT2D eigenvalue weighted by Crippen LogP contribution is -2.47. The first-order chi connectivity index (χ1) is 42.9. The molecule has 0 aliphatic heterocycles. The molecule has 0 radical (unpaired) electrons. The molecule has 0 aliphatic carbocycles. The van der Waals surface area contributed by atoms with Gasteiger partial charge < -0.3 is 28.5 Å². The summed E-state index contributed by atoms with van der Waals surface area (Å²) < 4.78 is 30.5. The lowest BCUT2D eigenvalue weighted by molar-refractivity contribution is -0.870. The second-order valence-electron chi connectivity index (χ2n) is 25.7. The Balaban J connectivity index is 5.06. The lowest BCUT2D eigenvalue weighted by atomic mass is 10.0. The molecule has 1 N–H and O–H groups in total. The molecule has 0 spiro atoms. The van der Waals surface area contributed by atoms with Gasteiger partial charge in [-0.05, 0) is 115 Å². The summed E-state index contributed by atoms with van der Waals surface area (Å²) in [6, 6.07) is -0.899. The Morgan fingerprint density at radius 1 is 0.409 bits per heavy atom. The fourth-order valence-electron chi connectivity index (χ4n) is 10.3. The molecular formula is C78H139N2O7P. The largest absolute Gasteiger partial charge is 0.756 e. The van der Waals surface area contributed by atoms with Gasteiger partial charge in [-0.2, -0.15) is 0 Å². The molecule has 0 saturated heterocycles. The number of amides is 1. The zero-order valence-electron chi connectivity index (χ0n) is 58.2. The maximum atomic E-state index is 13.6. The van der Waals surface area contributed by atoms with Crippen LogP contribution in [0, 0.1) is 0 Å². The van der Waals surface area contributed by atoms with Crippen molar-refractivity contribution in [1.82, 2.24) is 5.32 Å². The van der Waals surface area contributed by atoms with Crippen molar-refractivity contribution in [3.05, 3.63) is 109 Å². The van der Waals surface area contributed by atoms with Crippen LogP contribution in [0.3, 0.4) is 0 Å². The van der Waals surface area contributed by atoms with Gasteiger partial charge in [0.15, 0.2) is 0 Å². The lowest BCUT2D eigenvalue weighted by Gasteiger charge is -2.30. The highest BCUT2D eigenvalue weighted by molar-refractivity contribution is 7.45. The highest BCUT2D eigenvalue weighted by Gasteiger charge is 2.27. The van der Waals surface area contributed by atoms with E-state index in [-0.39, 0.29) is 24.9 Å². The van der Waals surface area contributed by atoms with Crippen LogP contribution in [0.2, 0.25) is 0 Å². The van der Waals surface area contributed by atoms with E-state index in [2.05, 4.69) is 123 Å². The first kappa shape index (κ1) is 84.7. The van der Waals surface area contributed by atoms with Gasteiger partial charge in [0.2, 0.25) is 5.91 Å². The van der Waals surface area contributed by atoms with Gasteiger partial charge in [-0.1, -0.05) is 304 Å². The third-order valence-corrected chi connectivity index (χ3v) is 16.9. The average molecular weight is 1250 g/mol. The number of allylic oxidation sites excluding steroid dienone is 17. The van der Waals surface area contributed by atoms with Crippen molar-refractivity contribution >= 4 is 19.7 Å². The van der Waals surface area contributed by atoms with Crippen LogP contribution in [0.15, 0.2) is 109 Å². The number of phosphoric acid groups is 1. The molecule has 3 atom stereocenters. The van der Waals surface area contributed by atoms with Gasteiger partial charge >= 0.3 is 5.97 Å². The number of unbranched alkanes of at least 4 members (excludes halogenated alkanes) is 34. The molecule has 3 unspecified atom stereocenters. The zero-order valence-corrected chi connectivity index (χ0v) is 59.0. The number of carbonyl (C=O) groups is 2. The van der Waals surface area contributed by atoms with Crippen LogP contribution < -0.4 is 10.2 Å². The van der Waals surface area contributed by atoms with Crippen molar-refractivity contribution in [3.63, 3.8) is 0 Å². The molecule has 88 heavy (non-hydrogen) atoms. The van der Waals surface area contributed by atoms with Gasteiger partial charge in [0.25, 0.3) is 7.82 Å². The molecule has 10 heteroatoms. The first-order valence-electron chi connectivity index (χ1n) is 36.7. The number of likely N-dealkylation sites (N-methyl/N-ethyl adjacent to an activating group) is 1. The number of hydrogen-bond donors (Lipinski definition) is 1. The molecule has 0 rings (SSSR count). The molecule has 0 heterocycles. The summed E-state index contributed by atoms with van der Waals surface area (Å²) in [7, 11) is 1.17. The fourth-order valence-corrected chi connectivity index (χ4v) is 11.0. The Morgan fingerprint density at radius 3 is 1.11 bits per heavy atom. The fraction of sp³-hybridized carbons (Fsp3) is 0.744. The predicted molar refractivity (Wildman–Crippen MR) is 381 cm³/mol. The van der Waals surface area contributed by atoms with E-state index in [1.807, 2.05) is 33.3 Å².